The maximum atomic E-state index is 14.3. The third-order valence-electron chi connectivity index (χ3n) is 7.21. The molecule has 0 saturated carbocycles. The quantitative estimate of drug-likeness (QED) is 0.129. The molecular weight excluding hydrogens is 742 g/mol. The van der Waals surface area contributed by atoms with Crippen molar-refractivity contribution in [1.29, 1.82) is 0 Å². The van der Waals surface area contributed by atoms with Crippen molar-refractivity contribution in [2.24, 2.45) is 0 Å². The Balaban J connectivity index is 0.000000216. The van der Waals surface area contributed by atoms with Crippen LogP contribution in [-0.2, 0) is 20.1 Å². The fourth-order valence-corrected chi connectivity index (χ4v) is 6.47. The molecule has 0 saturated heterocycles. The number of nitrogens with zero attached hydrogens (tertiary/aromatic N) is 3. The molecule has 0 aliphatic heterocycles. The minimum absolute atomic E-state index is 0. The third-order valence-corrected chi connectivity index (χ3v) is 9.22. The first-order valence-corrected chi connectivity index (χ1v) is 17.6. The Hall–Kier alpha value is -3.51. The van der Waals surface area contributed by atoms with Gasteiger partial charge in [-0.25, -0.2) is 4.98 Å². The van der Waals surface area contributed by atoms with Crippen molar-refractivity contribution in [3.8, 4) is 22.5 Å². The number of aryl methyl sites for hydroxylation is 1. The number of pyridine rings is 3. The molecule has 0 atom stereocenters. The van der Waals surface area contributed by atoms with E-state index >= 15 is 0 Å². The first-order chi connectivity index (χ1) is 22.2. The zero-order valence-corrected chi connectivity index (χ0v) is 29.3. The van der Waals surface area contributed by atoms with E-state index in [-0.39, 0.29) is 25.7 Å². The number of hydrogen-bond donors (Lipinski definition) is 0. The van der Waals surface area contributed by atoms with Gasteiger partial charge in [-0.3, -0.25) is 4.39 Å². The first-order valence-electron chi connectivity index (χ1n) is 16.6. The van der Waals surface area contributed by atoms with Gasteiger partial charge in [0.1, 0.15) is 0 Å². The molecule has 0 bridgehead atoms. The van der Waals surface area contributed by atoms with Gasteiger partial charge in [0.2, 0.25) is 5.71 Å². The van der Waals surface area contributed by atoms with Crippen LogP contribution in [0, 0.1) is 24.8 Å². The van der Waals surface area contributed by atoms with Crippen molar-refractivity contribution in [2.75, 3.05) is 0 Å². The summed E-state index contributed by atoms with van der Waals surface area (Å²) < 4.78 is 59.1. The average Bonchev–Trinajstić information content (AvgIpc) is 3.40. The van der Waals surface area contributed by atoms with Crippen LogP contribution in [0.4, 0.5) is 4.39 Å². The van der Waals surface area contributed by atoms with Crippen molar-refractivity contribution in [3.05, 3.63) is 108 Å². The molecule has 0 aliphatic rings. The maximum Gasteiger partial charge on any atom is 0.216 e. The minimum atomic E-state index is -2.13. The second kappa shape index (κ2) is 13.6. The van der Waals surface area contributed by atoms with Crippen molar-refractivity contribution in [1.82, 2.24) is 15.0 Å². The largest absolute Gasteiger partial charge is 0.486 e. The molecule has 4 nitrogen and oxygen atoms in total. The van der Waals surface area contributed by atoms with Gasteiger partial charge in [-0.1, -0.05) is 83.0 Å². The number of fused-ring (bicyclic) bond motifs is 3. The van der Waals surface area contributed by atoms with Crippen LogP contribution < -0.4 is 5.19 Å². The van der Waals surface area contributed by atoms with E-state index in [1.54, 1.807) is 56.6 Å². The molecule has 4 heterocycles. The van der Waals surface area contributed by atoms with E-state index in [1.807, 2.05) is 32.2 Å². The summed E-state index contributed by atoms with van der Waals surface area (Å²) in [7, 11) is -1.61. The van der Waals surface area contributed by atoms with E-state index in [2.05, 4.69) is 46.7 Å². The standard InChI is InChI=1S/C19H14FN2O.C18H24NSi.Ir/c1-11(2)12-7-9-21-16(10-12)13-5-6-15(20)17-14-4-3-8-22-19(14)23-18(13)17;1-13(2)16-11-17(15-9-7-14(3)8-10-15)19-12-18(16)20(4,5)6;/h3-4,6-11H,1-2H3;7-9,11-13H,1-6H3;/q2*-1;/i11D;3D3,13D;. The number of benzene rings is 2. The number of hydrogen-bond acceptors (Lipinski definition) is 4. The van der Waals surface area contributed by atoms with Crippen LogP contribution in [-0.4, -0.2) is 23.0 Å². The molecule has 0 amide bonds. The van der Waals surface area contributed by atoms with Crippen LogP contribution in [0.5, 0.6) is 0 Å². The summed E-state index contributed by atoms with van der Waals surface area (Å²) in [5.41, 5.74) is 5.45. The van der Waals surface area contributed by atoms with E-state index in [4.69, 9.17) is 11.3 Å². The summed E-state index contributed by atoms with van der Waals surface area (Å²) in [6.45, 7) is 12.0. The molecule has 0 N–H and O–H groups in total. The Kier molecular flexibility index (Phi) is 8.32. The number of aromatic nitrogens is 3. The number of halogens is 1. The van der Waals surface area contributed by atoms with Gasteiger partial charge in [0.15, 0.2) is 0 Å². The van der Waals surface area contributed by atoms with E-state index in [9.17, 15) is 4.39 Å². The number of furan rings is 1. The van der Waals surface area contributed by atoms with E-state index in [1.165, 1.54) is 17.3 Å². The van der Waals surface area contributed by atoms with Crippen LogP contribution in [0.1, 0.15) is 63.0 Å². The Labute approximate surface area is 281 Å². The Morgan fingerprint density at radius 2 is 1.70 bits per heavy atom. The van der Waals surface area contributed by atoms with Crippen LogP contribution in [0.3, 0.4) is 0 Å². The van der Waals surface area contributed by atoms with Crippen molar-refractivity contribution in [2.45, 2.75) is 66.0 Å². The summed E-state index contributed by atoms with van der Waals surface area (Å²) in [4.78, 5) is 13.1. The van der Waals surface area contributed by atoms with Crippen LogP contribution in [0.15, 0.2) is 77.6 Å². The van der Waals surface area contributed by atoms with Gasteiger partial charge in [0.05, 0.1) is 13.7 Å². The molecule has 229 valence electrons. The summed E-state index contributed by atoms with van der Waals surface area (Å²) in [6.07, 6.45) is 5.14. The summed E-state index contributed by atoms with van der Waals surface area (Å²) in [5, 5.41) is 2.19. The van der Waals surface area contributed by atoms with Crippen LogP contribution in [0.25, 0.3) is 44.6 Å². The Morgan fingerprint density at radius 3 is 2.36 bits per heavy atom. The van der Waals surface area contributed by atoms with E-state index in [0.29, 0.717) is 33.3 Å². The maximum absolute atomic E-state index is 14.3. The number of rotatable bonds is 5. The minimum Gasteiger partial charge on any atom is -0.486 e. The zero-order valence-electron chi connectivity index (χ0n) is 30.9. The van der Waals surface area contributed by atoms with Crippen LogP contribution in [0.2, 0.25) is 19.6 Å². The van der Waals surface area contributed by atoms with Gasteiger partial charge >= 0.3 is 0 Å². The second-order valence-corrected chi connectivity index (χ2v) is 17.0. The summed E-state index contributed by atoms with van der Waals surface area (Å²) in [5.74, 6) is -1.88. The molecule has 0 unspecified atom stereocenters. The average molecular weight is 785 g/mol. The second-order valence-electron chi connectivity index (χ2n) is 12.0. The smallest absolute Gasteiger partial charge is 0.216 e. The summed E-state index contributed by atoms with van der Waals surface area (Å²) >= 11 is 0. The van der Waals surface area contributed by atoms with Crippen molar-refractivity contribution in [3.63, 3.8) is 0 Å². The fourth-order valence-electron chi connectivity index (χ4n) is 4.89. The fraction of sp³-hybridized carbons (Fsp3) is 0.270. The molecule has 1 radical (unpaired) electrons. The molecule has 0 spiro atoms. The molecule has 7 heteroatoms. The SMILES string of the molecule is [2H]C(C)(C)c1ccnc(-c2[c-]cc(F)c3c2oc2ncccc23)c1.[2H]C([2H])([2H])c1c[c-]c(-c2cc(C([2H])(C)C)c([Si](C)(C)C)cn2)cc1.[Ir]. The molecular formula is C37H38FIrN3OSi-2. The third kappa shape index (κ3) is 7.07. The van der Waals surface area contributed by atoms with E-state index < -0.39 is 32.5 Å². The predicted molar refractivity (Wildman–Crippen MR) is 178 cm³/mol. The van der Waals surface area contributed by atoms with Crippen LogP contribution >= 0.6 is 0 Å². The monoisotopic (exact) mass is 785 g/mol. The van der Waals surface area contributed by atoms with Gasteiger partial charge in [0.25, 0.3) is 0 Å². The van der Waals surface area contributed by atoms with Gasteiger partial charge < -0.3 is 14.4 Å². The topological polar surface area (TPSA) is 51.8 Å². The first kappa shape index (κ1) is 26.9. The molecule has 6 aromatic rings. The zero-order chi connectivity index (χ0) is 35.2. The van der Waals surface area contributed by atoms with Crippen molar-refractivity contribution >= 4 is 35.3 Å². The Morgan fingerprint density at radius 1 is 0.909 bits per heavy atom. The molecule has 0 aliphatic carbocycles. The van der Waals surface area contributed by atoms with Crippen molar-refractivity contribution < 1.29 is 35.8 Å². The van der Waals surface area contributed by atoms with Gasteiger partial charge in [-0.2, -0.15) is 0 Å². The van der Waals surface area contributed by atoms with Gasteiger partial charge in [-0.15, -0.1) is 47.5 Å². The predicted octanol–water partition coefficient (Wildman–Crippen LogP) is 9.63. The molecule has 6 rings (SSSR count). The van der Waals surface area contributed by atoms with Gasteiger partial charge in [-0.05, 0) is 51.9 Å². The molecule has 44 heavy (non-hydrogen) atoms. The van der Waals surface area contributed by atoms with Gasteiger partial charge in [0, 0.05) is 56.8 Å². The molecule has 4 aromatic heterocycles. The van der Waals surface area contributed by atoms with E-state index in [0.717, 1.165) is 22.4 Å². The Bertz CT molecular complexity index is 2100. The summed E-state index contributed by atoms with van der Waals surface area (Å²) in [6, 6.07) is 21.2. The molecule has 2 aromatic carbocycles. The molecule has 0 fully saturated rings. The normalized spacial score (nSPS) is 14.0.